The number of benzene rings is 1. The van der Waals surface area contributed by atoms with E-state index in [2.05, 4.69) is 48.4 Å². The lowest BCUT2D eigenvalue weighted by atomic mass is 9.97. The van der Waals surface area contributed by atoms with Gasteiger partial charge in [-0.05, 0) is 62.6 Å². The Morgan fingerprint density at radius 1 is 1.10 bits per heavy atom. The summed E-state index contributed by atoms with van der Waals surface area (Å²) in [6.45, 7) is 7.31. The maximum absolute atomic E-state index is 5.97. The average Bonchev–Trinajstić information content (AvgIpc) is 2.46. The molecule has 0 aliphatic heterocycles. The van der Waals surface area contributed by atoms with E-state index in [1.54, 1.807) is 0 Å². The molecule has 3 heteroatoms. The van der Waals surface area contributed by atoms with Crippen molar-refractivity contribution in [1.82, 2.24) is 10.3 Å². The predicted molar refractivity (Wildman–Crippen MR) is 89.9 cm³/mol. The Kier molecular flexibility index (Phi) is 5.77. The Bertz CT molecular complexity index is 578. The molecule has 0 radical (unpaired) electrons. The summed E-state index contributed by atoms with van der Waals surface area (Å²) in [4.78, 5) is 4.60. The van der Waals surface area contributed by atoms with Crippen molar-refractivity contribution < 1.29 is 0 Å². The Balaban J connectivity index is 2.22. The van der Waals surface area contributed by atoms with Crippen molar-refractivity contribution in [1.29, 1.82) is 0 Å². The quantitative estimate of drug-likeness (QED) is 0.841. The zero-order valence-electron chi connectivity index (χ0n) is 13.0. The van der Waals surface area contributed by atoms with Gasteiger partial charge in [0, 0.05) is 22.5 Å². The second-order valence-electron chi connectivity index (χ2n) is 5.46. The fraction of sp³-hybridized carbons (Fsp3) is 0.389. The molecule has 2 nitrogen and oxygen atoms in total. The van der Waals surface area contributed by atoms with Gasteiger partial charge >= 0.3 is 0 Å². The Morgan fingerprint density at radius 2 is 1.81 bits per heavy atom. The predicted octanol–water partition coefficient (Wildman–Crippen LogP) is 4.64. The lowest BCUT2D eigenvalue weighted by Gasteiger charge is -2.21. The molecule has 0 amide bonds. The van der Waals surface area contributed by atoms with Gasteiger partial charge in [0.15, 0.2) is 0 Å². The summed E-state index contributed by atoms with van der Waals surface area (Å²) in [6.07, 6.45) is 2.07. The summed E-state index contributed by atoms with van der Waals surface area (Å²) in [7, 11) is 0. The summed E-state index contributed by atoms with van der Waals surface area (Å²) >= 11 is 5.97. The third-order valence-electron chi connectivity index (χ3n) is 3.64. The minimum atomic E-state index is 0.291. The highest BCUT2D eigenvalue weighted by molar-refractivity contribution is 6.30. The van der Waals surface area contributed by atoms with E-state index in [1.807, 2.05) is 19.1 Å². The smallest absolute Gasteiger partial charge is 0.0423 e. The van der Waals surface area contributed by atoms with Gasteiger partial charge in [0.2, 0.25) is 0 Å². The lowest BCUT2D eigenvalue weighted by molar-refractivity contribution is 0.525. The number of halogens is 1. The topological polar surface area (TPSA) is 24.9 Å². The highest BCUT2D eigenvalue weighted by atomic mass is 35.5. The van der Waals surface area contributed by atoms with E-state index in [9.17, 15) is 0 Å². The Morgan fingerprint density at radius 3 is 2.43 bits per heavy atom. The fourth-order valence-corrected chi connectivity index (χ4v) is 2.66. The van der Waals surface area contributed by atoms with Gasteiger partial charge in [-0.1, -0.05) is 36.7 Å². The van der Waals surface area contributed by atoms with Crippen LogP contribution in [0.1, 0.15) is 41.9 Å². The first-order valence-electron chi connectivity index (χ1n) is 7.52. The minimum Gasteiger partial charge on any atom is -0.310 e. The highest BCUT2D eigenvalue weighted by Gasteiger charge is 2.14. The van der Waals surface area contributed by atoms with Crippen LogP contribution in [0.15, 0.2) is 36.4 Å². The van der Waals surface area contributed by atoms with Crippen LogP contribution in [0, 0.1) is 13.8 Å². The average molecular weight is 303 g/mol. The van der Waals surface area contributed by atoms with E-state index >= 15 is 0 Å². The van der Waals surface area contributed by atoms with Gasteiger partial charge in [-0.2, -0.15) is 0 Å². The van der Waals surface area contributed by atoms with Crippen molar-refractivity contribution in [3.63, 3.8) is 0 Å². The van der Waals surface area contributed by atoms with Gasteiger partial charge < -0.3 is 5.32 Å². The second kappa shape index (κ2) is 7.58. The SMILES string of the molecule is CCCNC(Cc1ccc(Cl)cc1)c1ccc(C)nc1C. The van der Waals surface area contributed by atoms with Crippen LogP contribution in [-0.2, 0) is 6.42 Å². The first-order valence-corrected chi connectivity index (χ1v) is 7.90. The minimum absolute atomic E-state index is 0.291. The standard InChI is InChI=1S/C18H23ClN2/c1-4-11-20-18(12-15-6-8-16(19)9-7-15)17-10-5-13(2)21-14(17)3/h5-10,18,20H,4,11-12H2,1-3H3. The molecule has 0 aliphatic rings. The molecule has 2 aromatic rings. The molecule has 0 aliphatic carbocycles. The molecular formula is C18H23ClN2. The van der Waals surface area contributed by atoms with Gasteiger partial charge in [0.1, 0.15) is 0 Å². The van der Waals surface area contributed by atoms with E-state index < -0.39 is 0 Å². The van der Waals surface area contributed by atoms with Crippen molar-refractivity contribution >= 4 is 11.6 Å². The van der Waals surface area contributed by atoms with Crippen LogP contribution >= 0.6 is 11.6 Å². The van der Waals surface area contributed by atoms with E-state index in [-0.39, 0.29) is 0 Å². The number of aromatic nitrogens is 1. The van der Waals surface area contributed by atoms with Crippen LogP contribution in [0.4, 0.5) is 0 Å². The van der Waals surface area contributed by atoms with Crippen molar-refractivity contribution in [3.05, 3.63) is 63.9 Å². The van der Waals surface area contributed by atoms with Crippen LogP contribution in [0.2, 0.25) is 5.02 Å². The zero-order chi connectivity index (χ0) is 15.2. The molecule has 1 aromatic carbocycles. The normalized spacial score (nSPS) is 12.4. The van der Waals surface area contributed by atoms with Gasteiger partial charge in [-0.3, -0.25) is 4.98 Å². The molecule has 0 saturated carbocycles. The van der Waals surface area contributed by atoms with Gasteiger partial charge in [0.25, 0.3) is 0 Å². The number of pyridine rings is 1. The molecule has 0 spiro atoms. The molecule has 2 rings (SSSR count). The van der Waals surface area contributed by atoms with Crippen molar-refractivity contribution in [2.45, 2.75) is 39.7 Å². The van der Waals surface area contributed by atoms with Crippen LogP contribution in [0.25, 0.3) is 0 Å². The van der Waals surface area contributed by atoms with Crippen LogP contribution < -0.4 is 5.32 Å². The molecule has 112 valence electrons. The monoisotopic (exact) mass is 302 g/mol. The maximum Gasteiger partial charge on any atom is 0.0423 e. The third-order valence-corrected chi connectivity index (χ3v) is 3.89. The molecule has 1 heterocycles. The van der Waals surface area contributed by atoms with Crippen LogP contribution in [0.5, 0.6) is 0 Å². The second-order valence-corrected chi connectivity index (χ2v) is 5.90. The molecule has 1 aromatic heterocycles. The number of rotatable bonds is 6. The first kappa shape index (κ1) is 16.0. The molecule has 1 N–H and O–H groups in total. The Hall–Kier alpha value is -1.38. The summed E-state index contributed by atoms with van der Waals surface area (Å²) in [6, 6.07) is 12.7. The molecule has 1 unspecified atom stereocenters. The molecule has 1 atom stereocenters. The van der Waals surface area contributed by atoms with E-state index in [1.165, 1.54) is 11.1 Å². The number of hydrogen-bond donors (Lipinski definition) is 1. The van der Waals surface area contributed by atoms with Gasteiger partial charge in [-0.25, -0.2) is 0 Å². The van der Waals surface area contributed by atoms with E-state index in [0.29, 0.717) is 6.04 Å². The van der Waals surface area contributed by atoms with Crippen LogP contribution in [-0.4, -0.2) is 11.5 Å². The van der Waals surface area contributed by atoms with Crippen molar-refractivity contribution in [2.24, 2.45) is 0 Å². The zero-order valence-corrected chi connectivity index (χ0v) is 13.7. The summed E-state index contributed by atoms with van der Waals surface area (Å²) < 4.78 is 0. The molecule has 0 fully saturated rings. The first-order chi connectivity index (χ1) is 10.1. The maximum atomic E-state index is 5.97. The fourth-order valence-electron chi connectivity index (χ4n) is 2.53. The molecule has 0 bridgehead atoms. The number of hydrogen-bond acceptors (Lipinski definition) is 2. The third kappa shape index (κ3) is 4.55. The van der Waals surface area contributed by atoms with Gasteiger partial charge in [0.05, 0.1) is 0 Å². The summed E-state index contributed by atoms with van der Waals surface area (Å²) in [5.41, 5.74) is 4.74. The Labute approximate surface area is 132 Å². The highest BCUT2D eigenvalue weighted by Crippen LogP contribution is 2.22. The number of aryl methyl sites for hydroxylation is 2. The molecule has 0 saturated heterocycles. The number of nitrogens with one attached hydrogen (secondary N) is 1. The lowest BCUT2D eigenvalue weighted by Crippen LogP contribution is -2.25. The van der Waals surface area contributed by atoms with E-state index in [0.717, 1.165) is 35.8 Å². The molecule has 21 heavy (non-hydrogen) atoms. The van der Waals surface area contributed by atoms with Crippen LogP contribution in [0.3, 0.4) is 0 Å². The van der Waals surface area contributed by atoms with Crippen molar-refractivity contribution in [3.8, 4) is 0 Å². The van der Waals surface area contributed by atoms with Gasteiger partial charge in [-0.15, -0.1) is 0 Å². The molecular weight excluding hydrogens is 280 g/mol. The largest absolute Gasteiger partial charge is 0.310 e. The van der Waals surface area contributed by atoms with E-state index in [4.69, 9.17) is 11.6 Å². The number of nitrogens with zero attached hydrogens (tertiary/aromatic N) is 1. The van der Waals surface area contributed by atoms with Crippen molar-refractivity contribution in [2.75, 3.05) is 6.54 Å². The summed E-state index contributed by atoms with van der Waals surface area (Å²) in [5, 5.41) is 4.42. The summed E-state index contributed by atoms with van der Waals surface area (Å²) in [5.74, 6) is 0.